The lowest BCUT2D eigenvalue weighted by atomic mass is 9.44. The number of nitrogens with two attached hydrogens (primary N) is 1. The van der Waals surface area contributed by atoms with Gasteiger partial charge >= 0.3 is 0 Å². The van der Waals surface area contributed by atoms with Crippen LogP contribution in [0.5, 0.6) is 5.75 Å². The van der Waals surface area contributed by atoms with Crippen LogP contribution < -0.4 is 15.8 Å². The van der Waals surface area contributed by atoms with Crippen LogP contribution in [0.3, 0.4) is 0 Å². The topological polar surface area (TPSA) is 75.8 Å². The van der Waals surface area contributed by atoms with Crippen molar-refractivity contribution in [2.45, 2.75) is 78.5 Å². The number of carbonyl (C=O) groups is 1. The summed E-state index contributed by atoms with van der Waals surface area (Å²) >= 11 is 0. The molecule has 2 saturated heterocycles. The molecule has 3 heterocycles. The maximum atomic E-state index is 8.58. The van der Waals surface area contributed by atoms with Gasteiger partial charge in [-0.3, -0.25) is 4.79 Å². The third kappa shape index (κ3) is 9.76. The van der Waals surface area contributed by atoms with E-state index in [9.17, 15) is 0 Å². The van der Waals surface area contributed by atoms with E-state index >= 15 is 0 Å². The Morgan fingerprint density at radius 3 is 2.24 bits per heavy atom. The molecule has 1 amide bonds. The molecule has 2 aliphatic rings. The van der Waals surface area contributed by atoms with Crippen molar-refractivity contribution in [3.05, 3.63) is 78.1 Å². The number of fused-ring (bicyclic) bond motifs is 1. The lowest BCUT2D eigenvalue weighted by Crippen LogP contribution is -2.35. The number of hydrogen-bond donors (Lipinski definition) is 2. The van der Waals surface area contributed by atoms with Gasteiger partial charge in [-0.05, 0) is 101 Å². The molecule has 250 valence electrons. The van der Waals surface area contributed by atoms with Gasteiger partial charge in [-0.2, -0.15) is 0 Å². The standard InChI is InChI=1S/C32H44BN3O.C5H11N.CH3NO/c1-9-27-28(20-26(32(5,6)7)21-30(27)37-23(4)34-11-3)29-19-24-13-12-14-25(31(24)35(29)8)22-36-17-15-33(10-2)16-18-36;1-6-4-2-3-5-6;2-1-3/h10,12-14,19-21,34H,2,4,9,11,15-18,22H2,1,3,5-8H3;2-5H2,1H3;1H,(H2,2,3). The van der Waals surface area contributed by atoms with Crippen LogP contribution in [-0.2, 0) is 30.2 Å². The van der Waals surface area contributed by atoms with Gasteiger partial charge in [-0.25, -0.2) is 0 Å². The van der Waals surface area contributed by atoms with E-state index in [1.807, 2.05) is 0 Å². The number of aryl methyl sites for hydroxylation is 1. The van der Waals surface area contributed by atoms with Gasteiger partial charge < -0.3 is 30.2 Å². The molecule has 1 aromatic heterocycles. The van der Waals surface area contributed by atoms with E-state index in [1.165, 1.54) is 77.4 Å². The first-order valence-electron chi connectivity index (χ1n) is 17.0. The van der Waals surface area contributed by atoms with Crippen molar-refractivity contribution >= 4 is 24.0 Å². The summed E-state index contributed by atoms with van der Waals surface area (Å²) in [4.78, 5) is 13.5. The number of benzene rings is 2. The van der Waals surface area contributed by atoms with Crippen molar-refractivity contribution in [1.82, 2.24) is 19.7 Å². The zero-order chi connectivity index (χ0) is 33.9. The molecule has 0 spiro atoms. The molecule has 2 aromatic carbocycles. The van der Waals surface area contributed by atoms with Crippen LogP contribution in [0, 0.1) is 0 Å². The molecule has 0 bridgehead atoms. The molecule has 7 nitrogen and oxygen atoms in total. The summed E-state index contributed by atoms with van der Waals surface area (Å²) < 4.78 is 8.70. The molecule has 0 saturated carbocycles. The van der Waals surface area contributed by atoms with E-state index in [4.69, 9.17) is 9.53 Å². The Labute approximate surface area is 278 Å². The molecule has 3 aromatic rings. The summed E-state index contributed by atoms with van der Waals surface area (Å²) in [5, 5.41) is 4.51. The summed E-state index contributed by atoms with van der Waals surface area (Å²) in [6, 6.07) is 13.7. The van der Waals surface area contributed by atoms with Crippen molar-refractivity contribution in [3.8, 4) is 17.0 Å². The number of ether oxygens (including phenoxy) is 1. The Morgan fingerprint density at radius 2 is 1.72 bits per heavy atom. The van der Waals surface area contributed by atoms with Gasteiger partial charge in [-0.15, -0.1) is 12.6 Å². The van der Waals surface area contributed by atoms with Gasteiger partial charge in [0.25, 0.3) is 0 Å². The Bertz CT molecular complexity index is 1440. The van der Waals surface area contributed by atoms with E-state index in [2.05, 4.69) is 130 Å². The van der Waals surface area contributed by atoms with Gasteiger partial charge in [-0.1, -0.05) is 58.5 Å². The van der Waals surface area contributed by atoms with Crippen molar-refractivity contribution in [1.29, 1.82) is 0 Å². The number of hydrogen-bond acceptors (Lipinski definition) is 5. The lowest BCUT2D eigenvalue weighted by molar-refractivity contribution is -0.106. The Hall–Kier alpha value is -3.49. The third-order valence-electron chi connectivity index (χ3n) is 9.14. The van der Waals surface area contributed by atoms with Gasteiger partial charge in [0.15, 0.2) is 12.6 Å². The molecule has 5 rings (SSSR count). The maximum absolute atomic E-state index is 8.58. The van der Waals surface area contributed by atoms with Crippen molar-refractivity contribution in [2.24, 2.45) is 12.8 Å². The van der Waals surface area contributed by atoms with Crippen LogP contribution in [0.25, 0.3) is 22.2 Å². The van der Waals surface area contributed by atoms with Gasteiger partial charge in [0, 0.05) is 42.3 Å². The van der Waals surface area contributed by atoms with Gasteiger partial charge in [0.1, 0.15) is 5.75 Å². The number of nitrogens with zero attached hydrogens (tertiary/aromatic N) is 3. The average Bonchev–Trinajstić information content (AvgIpc) is 3.64. The largest absolute Gasteiger partial charge is 0.442 e. The monoisotopic (exact) mass is 627 g/mol. The minimum Gasteiger partial charge on any atom is -0.442 e. The van der Waals surface area contributed by atoms with Crippen molar-refractivity contribution in [2.75, 3.05) is 39.8 Å². The minimum absolute atomic E-state index is 0.00798. The van der Waals surface area contributed by atoms with Crippen molar-refractivity contribution in [3.63, 3.8) is 0 Å². The molecule has 2 fully saturated rings. The second-order valence-corrected chi connectivity index (χ2v) is 13.6. The number of carbonyl (C=O) groups excluding carboxylic acids is 1. The second kappa shape index (κ2) is 17.4. The fourth-order valence-corrected chi connectivity index (χ4v) is 6.48. The fourth-order valence-electron chi connectivity index (χ4n) is 6.48. The third-order valence-corrected chi connectivity index (χ3v) is 9.14. The molecule has 0 unspecified atom stereocenters. The van der Waals surface area contributed by atoms with Crippen LogP contribution in [0.1, 0.15) is 64.2 Å². The second-order valence-electron chi connectivity index (χ2n) is 13.6. The Kier molecular flexibility index (Phi) is 14.0. The van der Waals surface area contributed by atoms with E-state index in [1.54, 1.807) is 0 Å². The highest BCUT2D eigenvalue weighted by atomic mass is 16.5. The van der Waals surface area contributed by atoms with Gasteiger partial charge in [0.05, 0.1) is 5.52 Å². The van der Waals surface area contributed by atoms with E-state index in [-0.39, 0.29) is 11.8 Å². The molecule has 2 aliphatic heterocycles. The van der Waals surface area contributed by atoms with Crippen LogP contribution in [0.4, 0.5) is 0 Å². The predicted molar refractivity (Wildman–Crippen MR) is 198 cm³/mol. The van der Waals surface area contributed by atoms with Crippen LogP contribution in [-0.4, -0.2) is 67.3 Å². The SMILES string of the molecule is C=CB1CCN(Cc2cccc3cc(-c4cc(C(C)(C)C)cc(OC(=C)NCC)c4CC)n(C)c23)CC1.CN1CCCC1.NC=O. The zero-order valence-corrected chi connectivity index (χ0v) is 29.6. The highest BCUT2D eigenvalue weighted by molar-refractivity contribution is 6.64. The maximum Gasteiger partial charge on any atom is 0.204 e. The number of primary amides is 1. The highest BCUT2D eigenvalue weighted by Crippen LogP contribution is 2.40. The normalized spacial score (nSPS) is 15.4. The number of amides is 1. The molecule has 46 heavy (non-hydrogen) atoms. The number of rotatable bonds is 9. The summed E-state index contributed by atoms with van der Waals surface area (Å²) in [6.45, 7) is 26.5. The first kappa shape index (κ1) is 37.0. The average molecular weight is 628 g/mol. The van der Waals surface area contributed by atoms with Gasteiger partial charge in [0.2, 0.25) is 6.41 Å². The molecule has 0 aliphatic carbocycles. The highest BCUT2D eigenvalue weighted by Gasteiger charge is 2.24. The number of nitrogens with one attached hydrogen (secondary N) is 1. The summed E-state index contributed by atoms with van der Waals surface area (Å²) in [7, 11) is 4.39. The molecular formula is C38H58BN5O2. The zero-order valence-electron chi connectivity index (χ0n) is 29.6. The molecule has 3 N–H and O–H groups in total. The molecule has 0 atom stereocenters. The quantitative estimate of drug-likeness (QED) is 0.152. The first-order valence-corrected chi connectivity index (χ1v) is 17.0. The number of para-hydroxylation sites is 1. The van der Waals surface area contributed by atoms with Crippen LogP contribution in [0.15, 0.2) is 61.4 Å². The predicted octanol–water partition coefficient (Wildman–Crippen LogP) is 7.01. The number of aromatic nitrogens is 1. The Balaban J connectivity index is 0.000000557. The lowest BCUT2D eigenvalue weighted by Gasteiger charge is -2.29. The van der Waals surface area contributed by atoms with E-state index < -0.39 is 0 Å². The first-order chi connectivity index (χ1) is 22.0. The molecule has 0 radical (unpaired) electrons. The summed E-state index contributed by atoms with van der Waals surface area (Å²) in [5.41, 5.74) is 11.8. The number of likely N-dealkylation sites (tertiary alicyclic amines) is 1. The fraction of sp³-hybridized carbons (Fsp3) is 0.500. The minimum atomic E-state index is -0.00798. The van der Waals surface area contributed by atoms with Crippen molar-refractivity contribution < 1.29 is 9.53 Å². The van der Waals surface area contributed by atoms with Crippen LogP contribution >= 0.6 is 0 Å². The Morgan fingerprint density at radius 1 is 1.07 bits per heavy atom. The molecule has 8 heteroatoms. The van der Waals surface area contributed by atoms with Crippen LogP contribution in [0.2, 0.25) is 12.6 Å². The van der Waals surface area contributed by atoms with E-state index in [0.717, 1.165) is 38.3 Å². The molecular weight excluding hydrogens is 569 g/mol. The smallest absolute Gasteiger partial charge is 0.204 e. The summed E-state index contributed by atoms with van der Waals surface area (Å²) in [5.74, 6) is 3.62. The van der Waals surface area contributed by atoms with E-state index in [0.29, 0.717) is 12.6 Å². The summed E-state index contributed by atoms with van der Waals surface area (Å²) in [6.07, 6.45) is 6.37.